The molecule has 0 aliphatic carbocycles. The molecule has 3 heteroatoms. The lowest BCUT2D eigenvalue weighted by Crippen LogP contribution is -1.98. The number of hydrogen-bond donors (Lipinski definition) is 0. The van der Waals surface area contributed by atoms with Gasteiger partial charge in [-0.1, -0.05) is 70.6 Å². The van der Waals surface area contributed by atoms with Gasteiger partial charge >= 0.3 is 0 Å². The first-order valence-corrected chi connectivity index (χ1v) is 11.4. The highest BCUT2D eigenvalue weighted by molar-refractivity contribution is 6.06. The van der Waals surface area contributed by atoms with Crippen molar-refractivity contribution in [2.24, 2.45) is 0 Å². The van der Waals surface area contributed by atoms with E-state index in [1.165, 1.54) is 38.5 Å². The summed E-state index contributed by atoms with van der Waals surface area (Å²) < 4.78 is 11.5. The van der Waals surface area contributed by atoms with Crippen molar-refractivity contribution >= 4 is 11.9 Å². The first kappa shape index (κ1) is 23.7. The van der Waals surface area contributed by atoms with Gasteiger partial charge in [0.05, 0.1) is 13.2 Å². The molecule has 0 amide bonds. The SMILES string of the molecule is CCCCCCOc1ccc(C=CC(=O)c2ccc(OCCCCCC)cc2)cc1. The van der Waals surface area contributed by atoms with Gasteiger partial charge < -0.3 is 9.47 Å². The molecule has 0 saturated heterocycles. The second-order valence-electron chi connectivity index (χ2n) is 7.61. The standard InChI is InChI=1S/C27H36O3/c1-3-5-7-9-21-29-25-16-11-23(12-17-25)13-20-27(28)24-14-18-26(19-15-24)30-22-10-8-6-4-2/h11-20H,3-10,21-22H2,1-2H3. The maximum absolute atomic E-state index is 12.4. The van der Waals surface area contributed by atoms with Gasteiger partial charge in [0.25, 0.3) is 0 Å². The van der Waals surface area contributed by atoms with E-state index in [0.717, 1.165) is 43.1 Å². The van der Waals surface area contributed by atoms with Crippen molar-refractivity contribution in [3.8, 4) is 11.5 Å². The van der Waals surface area contributed by atoms with Gasteiger partial charge in [-0.2, -0.15) is 0 Å². The molecule has 0 bridgehead atoms. The Kier molecular flexibility index (Phi) is 11.4. The van der Waals surface area contributed by atoms with Crippen molar-refractivity contribution in [1.82, 2.24) is 0 Å². The third-order valence-electron chi connectivity index (χ3n) is 4.98. The van der Waals surface area contributed by atoms with E-state index in [0.29, 0.717) is 5.56 Å². The summed E-state index contributed by atoms with van der Waals surface area (Å²) in [6, 6.07) is 15.2. The van der Waals surface area contributed by atoms with Crippen LogP contribution < -0.4 is 9.47 Å². The zero-order chi connectivity index (χ0) is 21.4. The summed E-state index contributed by atoms with van der Waals surface area (Å²) in [4.78, 5) is 12.4. The Bertz CT molecular complexity index is 745. The summed E-state index contributed by atoms with van der Waals surface area (Å²) >= 11 is 0. The topological polar surface area (TPSA) is 35.5 Å². The summed E-state index contributed by atoms with van der Waals surface area (Å²) in [5.74, 6) is 1.68. The number of carbonyl (C=O) groups is 1. The van der Waals surface area contributed by atoms with Crippen LogP contribution in [0.4, 0.5) is 0 Å². The van der Waals surface area contributed by atoms with Crippen LogP contribution in [0, 0.1) is 0 Å². The van der Waals surface area contributed by atoms with E-state index >= 15 is 0 Å². The molecule has 0 radical (unpaired) electrons. The number of ether oxygens (including phenoxy) is 2. The summed E-state index contributed by atoms with van der Waals surface area (Å²) in [7, 11) is 0. The van der Waals surface area contributed by atoms with E-state index in [1.54, 1.807) is 6.08 Å². The molecule has 0 N–H and O–H groups in total. The zero-order valence-corrected chi connectivity index (χ0v) is 18.6. The van der Waals surface area contributed by atoms with Crippen molar-refractivity contribution in [2.75, 3.05) is 13.2 Å². The molecular formula is C27H36O3. The Hall–Kier alpha value is -2.55. The lowest BCUT2D eigenvalue weighted by molar-refractivity contribution is 0.104. The average molecular weight is 409 g/mol. The van der Waals surface area contributed by atoms with Gasteiger partial charge in [-0.3, -0.25) is 4.79 Å². The first-order valence-electron chi connectivity index (χ1n) is 11.4. The molecule has 0 aliphatic rings. The Balaban J connectivity index is 1.76. The van der Waals surface area contributed by atoms with Crippen molar-refractivity contribution in [3.05, 3.63) is 65.7 Å². The van der Waals surface area contributed by atoms with Gasteiger partial charge in [-0.15, -0.1) is 0 Å². The normalized spacial score (nSPS) is 11.0. The predicted molar refractivity (Wildman–Crippen MR) is 126 cm³/mol. The van der Waals surface area contributed by atoms with Crippen LogP contribution in [-0.2, 0) is 0 Å². The number of hydrogen-bond acceptors (Lipinski definition) is 3. The van der Waals surface area contributed by atoms with E-state index in [9.17, 15) is 4.79 Å². The van der Waals surface area contributed by atoms with Gasteiger partial charge in [0.2, 0.25) is 0 Å². The Morgan fingerprint density at radius 3 is 1.70 bits per heavy atom. The fourth-order valence-electron chi connectivity index (χ4n) is 3.10. The predicted octanol–water partition coefficient (Wildman–Crippen LogP) is 7.50. The first-order chi connectivity index (χ1) is 14.7. The summed E-state index contributed by atoms with van der Waals surface area (Å²) in [5, 5.41) is 0. The zero-order valence-electron chi connectivity index (χ0n) is 18.6. The van der Waals surface area contributed by atoms with Crippen LogP contribution in [-0.4, -0.2) is 19.0 Å². The number of benzene rings is 2. The molecule has 0 unspecified atom stereocenters. The van der Waals surface area contributed by atoms with Crippen LogP contribution in [0.2, 0.25) is 0 Å². The Labute approximate surface area is 182 Å². The van der Waals surface area contributed by atoms with E-state index in [4.69, 9.17) is 9.47 Å². The third-order valence-corrected chi connectivity index (χ3v) is 4.98. The molecular weight excluding hydrogens is 372 g/mol. The fraction of sp³-hybridized carbons (Fsp3) is 0.444. The van der Waals surface area contributed by atoms with Crippen molar-refractivity contribution < 1.29 is 14.3 Å². The van der Waals surface area contributed by atoms with Crippen LogP contribution in [0.3, 0.4) is 0 Å². The van der Waals surface area contributed by atoms with Crippen LogP contribution in [0.1, 0.15) is 81.1 Å². The minimum atomic E-state index is -0.0132. The summed E-state index contributed by atoms with van der Waals surface area (Å²) in [5.41, 5.74) is 1.64. The minimum absolute atomic E-state index is 0.0132. The van der Waals surface area contributed by atoms with E-state index in [1.807, 2.05) is 54.6 Å². The van der Waals surface area contributed by atoms with Crippen LogP contribution >= 0.6 is 0 Å². The summed E-state index contributed by atoms with van der Waals surface area (Å²) in [6.07, 6.45) is 13.0. The molecule has 0 atom stereocenters. The lowest BCUT2D eigenvalue weighted by atomic mass is 10.1. The number of allylic oxidation sites excluding steroid dienone is 1. The van der Waals surface area contributed by atoms with Crippen molar-refractivity contribution in [3.63, 3.8) is 0 Å². The van der Waals surface area contributed by atoms with Gasteiger partial charge in [-0.05, 0) is 60.9 Å². The van der Waals surface area contributed by atoms with E-state index in [2.05, 4.69) is 13.8 Å². The maximum atomic E-state index is 12.4. The van der Waals surface area contributed by atoms with Crippen LogP contribution in [0.25, 0.3) is 6.08 Å². The molecule has 2 aromatic rings. The second kappa shape index (κ2) is 14.4. The molecule has 0 aromatic heterocycles. The smallest absolute Gasteiger partial charge is 0.185 e. The van der Waals surface area contributed by atoms with Gasteiger partial charge in [0.1, 0.15) is 11.5 Å². The highest BCUT2D eigenvalue weighted by Crippen LogP contribution is 2.16. The van der Waals surface area contributed by atoms with Gasteiger partial charge in [0, 0.05) is 5.56 Å². The minimum Gasteiger partial charge on any atom is -0.494 e. The van der Waals surface area contributed by atoms with Crippen molar-refractivity contribution in [2.45, 2.75) is 65.2 Å². The van der Waals surface area contributed by atoms with Crippen molar-refractivity contribution in [1.29, 1.82) is 0 Å². The second-order valence-corrected chi connectivity index (χ2v) is 7.61. The number of unbranched alkanes of at least 4 members (excludes halogenated alkanes) is 6. The molecule has 2 aromatic carbocycles. The number of carbonyl (C=O) groups excluding carboxylic acids is 1. The average Bonchev–Trinajstić information content (AvgIpc) is 2.78. The molecule has 0 saturated carbocycles. The largest absolute Gasteiger partial charge is 0.494 e. The van der Waals surface area contributed by atoms with E-state index < -0.39 is 0 Å². The van der Waals surface area contributed by atoms with Crippen LogP contribution in [0.5, 0.6) is 11.5 Å². The highest BCUT2D eigenvalue weighted by Gasteiger charge is 2.03. The highest BCUT2D eigenvalue weighted by atomic mass is 16.5. The Morgan fingerprint density at radius 1 is 0.700 bits per heavy atom. The van der Waals surface area contributed by atoms with Gasteiger partial charge in [-0.25, -0.2) is 0 Å². The molecule has 162 valence electrons. The molecule has 2 rings (SSSR count). The molecule has 0 heterocycles. The monoisotopic (exact) mass is 408 g/mol. The van der Waals surface area contributed by atoms with Crippen LogP contribution in [0.15, 0.2) is 54.6 Å². The lowest BCUT2D eigenvalue weighted by Gasteiger charge is -2.06. The molecule has 30 heavy (non-hydrogen) atoms. The number of rotatable bonds is 15. The third kappa shape index (κ3) is 9.30. The summed E-state index contributed by atoms with van der Waals surface area (Å²) in [6.45, 7) is 5.89. The maximum Gasteiger partial charge on any atom is 0.185 e. The van der Waals surface area contributed by atoms with Gasteiger partial charge in [0.15, 0.2) is 5.78 Å². The molecule has 0 aliphatic heterocycles. The Morgan fingerprint density at radius 2 is 1.20 bits per heavy atom. The number of ketones is 1. The quantitative estimate of drug-likeness (QED) is 0.174. The molecule has 0 fully saturated rings. The molecule has 0 spiro atoms. The van der Waals surface area contributed by atoms with E-state index in [-0.39, 0.29) is 5.78 Å². The fourth-order valence-corrected chi connectivity index (χ4v) is 3.10. The molecule has 3 nitrogen and oxygen atoms in total.